The van der Waals surface area contributed by atoms with E-state index in [1.165, 1.54) is 32.4 Å². The van der Waals surface area contributed by atoms with Crippen LogP contribution >= 0.6 is 0 Å². The van der Waals surface area contributed by atoms with Crippen LogP contribution in [-0.2, 0) is 0 Å². The van der Waals surface area contributed by atoms with Crippen LogP contribution in [-0.4, -0.2) is 41.3 Å². The standard InChI is InChI=1S/C12H26N2O/c1-11-6-5-9-14(11)8-4-3-7-12(2,15)10-13/h11,15H,3-10,13H2,1-2H3. The number of hydrogen-bond donors (Lipinski definition) is 2. The van der Waals surface area contributed by atoms with E-state index in [4.69, 9.17) is 5.73 Å². The fourth-order valence-corrected chi connectivity index (χ4v) is 2.25. The van der Waals surface area contributed by atoms with Gasteiger partial charge in [-0.15, -0.1) is 0 Å². The SMILES string of the molecule is CC1CCCN1CCCCC(C)(O)CN. The van der Waals surface area contributed by atoms with Gasteiger partial charge in [0, 0.05) is 12.6 Å². The summed E-state index contributed by atoms with van der Waals surface area (Å²) in [6.45, 7) is 6.94. The van der Waals surface area contributed by atoms with E-state index in [1.54, 1.807) is 0 Å². The Morgan fingerprint density at radius 2 is 2.20 bits per heavy atom. The van der Waals surface area contributed by atoms with Gasteiger partial charge >= 0.3 is 0 Å². The molecule has 1 saturated heterocycles. The predicted octanol–water partition coefficient (Wildman–Crippen LogP) is 1.35. The molecule has 0 amide bonds. The van der Waals surface area contributed by atoms with Crippen LogP contribution in [0.3, 0.4) is 0 Å². The Kier molecular flexibility index (Phi) is 5.03. The molecule has 0 aliphatic carbocycles. The second-order valence-electron chi connectivity index (χ2n) is 5.19. The van der Waals surface area contributed by atoms with Crippen LogP contribution < -0.4 is 5.73 Å². The smallest absolute Gasteiger partial charge is 0.0741 e. The van der Waals surface area contributed by atoms with E-state index in [2.05, 4.69) is 11.8 Å². The van der Waals surface area contributed by atoms with Gasteiger partial charge in [0.05, 0.1) is 5.60 Å². The van der Waals surface area contributed by atoms with Crippen LogP contribution in [0.25, 0.3) is 0 Å². The summed E-state index contributed by atoms with van der Waals surface area (Å²) < 4.78 is 0. The third-order valence-corrected chi connectivity index (χ3v) is 3.54. The molecule has 3 heteroatoms. The Balaban J connectivity index is 2.06. The molecule has 1 rings (SSSR count). The molecule has 1 fully saturated rings. The first-order valence-electron chi connectivity index (χ1n) is 6.22. The summed E-state index contributed by atoms with van der Waals surface area (Å²) in [6, 6.07) is 0.764. The molecule has 0 aromatic carbocycles. The molecule has 0 aromatic rings. The van der Waals surface area contributed by atoms with E-state index in [9.17, 15) is 5.11 Å². The average molecular weight is 214 g/mol. The van der Waals surface area contributed by atoms with Crippen LogP contribution in [0.4, 0.5) is 0 Å². The van der Waals surface area contributed by atoms with E-state index in [0.29, 0.717) is 6.54 Å². The monoisotopic (exact) mass is 214 g/mol. The minimum absolute atomic E-state index is 0.368. The summed E-state index contributed by atoms with van der Waals surface area (Å²) in [6.07, 6.45) is 5.78. The molecule has 0 saturated carbocycles. The van der Waals surface area contributed by atoms with Crippen molar-refractivity contribution in [3.05, 3.63) is 0 Å². The summed E-state index contributed by atoms with van der Waals surface area (Å²) in [7, 11) is 0. The number of aliphatic hydroxyl groups is 1. The van der Waals surface area contributed by atoms with Crippen LogP contribution in [0.1, 0.15) is 46.0 Å². The van der Waals surface area contributed by atoms with Gasteiger partial charge < -0.3 is 15.7 Å². The van der Waals surface area contributed by atoms with E-state index in [1.807, 2.05) is 6.92 Å². The third-order valence-electron chi connectivity index (χ3n) is 3.54. The quantitative estimate of drug-likeness (QED) is 0.656. The average Bonchev–Trinajstić information content (AvgIpc) is 2.59. The Morgan fingerprint density at radius 3 is 2.73 bits per heavy atom. The molecule has 1 aliphatic rings. The van der Waals surface area contributed by atoms with E-state index < -0.39 is 5.60 Å². The maximum atomic E-state index is 9.73. The molecule has 15 heavy (non-hydrogen) atoms. The minimum atomic E-state index is -0.656. The molecule has 3 N–H and O–H groups in total. The molecule has 0 radical (unpaired) electrons. The lowest BCUT2D eigenvalue weighted by Gasteiger charge is -2.23. The van der Waals surface area contributed by atoms with Gasteiger partial charge in [0.2, 0.25) is 0 Å². The molecule has 1 aliphatic heterocycles. The minimum Gasteiger partial charge on any atom is -0.389 e. The van der Waals surface area contributed by atoms with Crippen LogP contribution in [0, 0.1) is 0 Å². The molecular formula is C12H26N2O. The maximum Gasteiger partial charge on any atom is 0.0741 e. The predicted molar refractivity (Wildman–Crippen MR) is 63.8 cm³/mol. The number of likely N-dealkylation sites (tertiary alicyclic amines) is 1. The molecule has 0 aromatic heterocycles. The van der Waals surface area contributed by atoms with Crippen molar-refractivity contribution >= 4 is 0 Å². The van der Waals surface area contributed by atoms with Crippen molar-refractivity contribution in [1.82, 2.24) is 4.90 Å². The summed E-state index contributed by atoms with van der Waals surface area (Å²) in [5.41, 5.74) is 4.82. The lowest BCUT2D eigenvalue weighted by atomic mass is 9.99. The van der Waals surface area contributed by atoms with E-state index in [0.717, 1.165) is 18.9 Å². The van der Waals surface area contributed by atoms with Gasteiger partial charge in [0.15, 0.2) is 0 Å². The second-order valence-corrected chi connectivity index (χ2v) is 5.19. The molecule has 90 valence electrons. The molecule has 2 unspecified atom stereocenters. The highest BCUT2D eigenvalue weighted by molar-refractivity contribution is 4.76. The number of unbranched alkanes of at least 4 members (excludes halogenated alkanes) is 1. The Hall–Kier alpha value is -0.120. The first kappa shape index (κ1) is 12.9. The van der Waals surface area contributed by atoms with Crippen molar-refractivity contribution in [1.29, 1.82) is 0 Å². The van der Waals surface area contributed by atoms with Crippen molar-refractivity contribution in [3.63, 3.8) is 0 Å². The zero-order valence-electron chi connectivity index (χ0n) is 10.2. The van der Waals surface area contributed by atoms with Gasteiger partial charge in [-0.25, -0.2) is 0 Å². The summed E-state index contributed by atoms with van der Waals surface area (Å²) in [5, 5.41) is 9.73. The number of nitrogens with zero attached hydrogens (tertiary/aromatic N) is 1. The lowest BCUT2D eigenvalue weighted by Crippen LogP contribution is -2.34. The lowest BCUT2D eigenvalue weighted by molar-refractivity contribution is 0.0563. The number of nitrogens with two attached hydrogens (primary N) is 1. The van der Waals surface area contributed by atoms with Crippen molar-refractivity contribution in [2.75, 3.05) is 19.6 Å². The molecular weight excluding hydrogens is 188 g/mol. The summed E-state index contributed by atoms with van der Waals surface area (Å²) in [4.78, 5) is 2.55. The largest absolute Gasteiger partial charge is 0.389 e. The molecule has 1 heterocycles. The van der Waals surface area contributed by atoms with Gasteiger partial charge in [-0.05, 0) is 59.0 Å². The summed E-state index contributed by atoms with van der Waals surface area (Å²) >= 11 is 0. The molecule has 0 bridgehead atoms. The fourth-order valence-electron chi connectivity index (χ4n) is 2.25. The van der Waals surface area contributed by atoms with Crippen LogP contribution in [0.5, 0.6) is 0 Å². The zero-order valence-corrected chi connectivity index (χ0v) is 10.2. The topological polar surface area (TPSA) is 49.5 Å². The van der Waals surface area contributed by atoms with Crippen LogP contribution in [0.2, 0.25) is 0 Å². The number of hydrogen-bond acceptors (Lipinski definition) is 3. The molecule has 0 spiro atoms. The van der Waals surface area contributed by atoms with Crippen molar-refractivity contribution in [2.45, 2.75) is 57.6 Å². The van der Waals surface area contributed by atoms with Gasteiger partial charge in [-0.3, -0.25) is 0 Å². The fraction of sp³-hybridized carbons (Fsp3) is 1.00. The van der Waals surface area contributed by atoms with Gasteiger partial charge in [0.1, 0.15) is 0 Å². The van der Waals surface area contributed by atoms with Gasteiger partial charge in [-0.2, -0.15) is 0 Å². The van der Waals surface area contributed by atoms with Crippen molar-refractivity contribution in [2.24, 2.45) is 5.73 Å². The van der Waals surface area contributed by atoms with Crippen LogP contribution in [0.15, 0.2) is 0 Å². The Labute approximate surface area is 93.6 Å². The van der Waals surface area contributed by atoms with E-state index in [-0.39, 0.29) is 0 Å². The highest BCUT2D eigenvalue weighted by Crippen LogP contribution is 2.18. The Morgan fingerprint density at radius 1 is 1.47 bits per heavy atom. The van der Waals surface area contributed by atoms with Gasteiger partial charge in [-0.1, -0.05) is 0 Å². The summed E-state index contributed by atoms with van der Waals surface area (Å²) in [5.74, 6) is 0. The normalized spacial score (nSPS) is 26.8. The van der Waals surface area contributed by atoms with Crippen molar-refractivity contribution in [3.8, 4) is 0 Å². The first-order valence-corrected chi connectivity index (χ1v) is 6.22. The zero-order chi connectivity index (χ0) is 11.3. The molecule has 3 nitrogen and oxygen atoms in total. The van der Waals surface area contributed by atoms with Crippen molar-refractivity contribution < 1.29 is 5.11 Å². The first-order chi connectivity index (χ1) is 7.05. The highest BCUT2D eigenvalue weighted by Gasteiger charge is 2.20. The molecule has 2 atom stereocenters. The third kappa shape index (κ3) is 4.49. The second kappa shape index (κ2) is 5.83. The van der Waals surface area contributed by atoms with E-state index >= 15 is 0 Å². The number of rotatable bonds is 6. The van der Waals surface area contributed by atoms with Gasteiger partial charge in [0.25, 0.3) is 0 Å². The Bertz CT molecular complexity index is 182. The maximum absolute atomic E-state index is 9.73. The highest BCUT2D eigenvalue weighted by atomic mass is 16.3.